The third kappa shape index (κ3) is 3.27. The molecule has 0 radical (unpaired) electrons. The second-order valence-corrected chi connectivity index (χ2v) is 9.50. The summed E-state index contributed by atoms with van der Waals surface area (Å²) in [5.41, 5.74) is 1.97. The lowest BCUT2D eigenvalue weighted by Crippen LogP contribution is -2.37. The smallest absolute Gasteiger partial charge is 0.226 e. The van der Waals surface area contributed by atoms with Crippen LogP contribution in [0.1, 0.15) is 0 Å². The normalized spacial score (nSPS) is 14.6. The van der Waals surface area contributed by atoms with Crippen molar-refractivity contribution in [2.24, 2.45) is 0 Å². The molecule has 6 rings (SSSR count). The van der Waals surface area contributed by atoms with Gasteiger partial charge >= 0.3 is 0 Å². The van der Waals surface area contributed by atoms with Gasteiger partial charge in [-0.15, -0.1) is 22.7 Å². The maximum absolute atomic E-state index is 5.54. The van der Waals surface area contributed by atoms with Crippen LogP contribution in [0.2, 0.25) is 0 Å². The second kappa shape index (κ2) is 7.47. The van der Waals surface area contributed by atoms with E-state index in [0.717, 1.165) is 30.4 Å². The number of morpholine rings is 1. The molecule has 4 heterocycles. The Morgan fingerprint density at radius 1 is 0.700 bits per heavy atom. The van der Waals surface area contributed by atoms with Crippen LogP contribution in [0.25, 0.3) is 41.3 Å². The number of fused-ring (bicyclic) bond motifs is 2. The number of aromatic nitrogens is 2. The fourth-order valence-electron chi connectivity index (χ4n) is 3.81. The number of hydrogen-bond donors (Lipinski definition) is 0. The molecule has 148 valence electrons. The van der Waals surface area contributed by atoms with Gasteiger partial charge in [-0.1, -0.05) is 36.4 Å². The first-order valence-corrected chi connectivity index (χ1v) is 11.7. The van der Waals surface area contributed by atoms with Crippen molar-refractivity contribution in [3.05, 3.63) is 66.7 Å². The van der Waals surface area contributed by atoms with E-state index >= 15 is 0 Å². The van der Waals surface area contributed by atoms with Crippen LogP contribution < -0.4 is 4.90 Å². The molecule has 4 nitrogen and oxygen atoms in total. The average molecular weight is 430 g/mol. The molecule has 0 saturated carbocycles. The molecule has 0 bridgehead atoms. The van der Waals surface area contributed by atoms with Crippen LogP contribution in [0.3, 0.4) is 0 Å². The Bertz CT molecular complexity index is 1190. The van der Waals surface area contributed by atoms with Crippen molar-refractivity contribution in [3.63, 3.8) is 0 Å². The van der Waals surface area contributed by atoms with Gasteiger partial charge in [-0.3, -0.25) is 0 Å². The summed E-state index contributed by atoms with van der Waals surface area (Å²) in [4.78, 5) is 14.5. The Morgan fingerprint density at radius 3 is 1.77 bits per heavy atom. The Kier molecular flexibility index (Phi) is 4.48. The average Bonchev–Trinajstić information content (AvgIpc) is 3.44. The highest BCUT2D eigenvalue weighted by molar-refractivity contribution is 7.22. The summed E-state index contributed by atoms with van der Waals surface area (Å²) >= 11 is 3.57. The van der Waals surface area contributed by atoms with Crippen LogP contribution in [0.15, 0.2) is 66.7 Å². The van der Waals surface area contributed by atoms with Crippen molar-refractivity contribution in [1.82, 2.24) is 9.97 Å². The second-order valence-electron chi connectivity index (χ2n) is 7.33. The number of anilines is 1. The van der Waals surface area contributed by atoms with E-state index in [1.54, 1.807) is 22.7 Å². The Labute approximate surface area is 182 Å². The molecule has 6 heteroatoms. The maximum Gasteiger partial charge on any atom is 0.226 e. The third-order valence-corrected chi connectivity index (χ3v) is 7.64. The Morgan fingerprint density at radius 2 is 1.23 bits per heavy atom. The summed E-state index contributed by atoms with van der Waals surface area (Å²) in [5, 5.41) is 2.51. The number of ether oxygens (including phenoxy) is 1. The van der Waals surface area contributed by atoms with Gasteiger partial charge in [-0.2, -0.15) is 0 Å². The minimum atomic E-state index is 0.717. The number of nitrogens with zero attached hydrogens (tertiary/aromatic N) is 3. The summed E-state index contributed by atoms with van der Waals surface area (Å²) in [7, 11) is 0. The molecule has 1 fully saturated rings. The molecule has 0 N–H and O–H groups in total. The van der Waals surface area contributed by atoms with Gasteiger partial charge in [0.15, 0.2) is 0 Å². The molecule has 0 atom stereocenters. The van der Waals surface area contributed by atoms with Gasteiger partial charge in [0.05, 0.1) is 34.4 Å². The van der Waals surface area contributed by atoms with E-state index in [1.165, 1.54) is 29.9 Å². The lowest BCUT2D eigenvalue weighted by molar-refractivity contribution is 0.122. The summed E-state index contributed by atoms with van der Waals surface area (Å²) in [6.45, 7) is 3.08. The largest absolute Gasteiger partial charge is 0.378 e. The quantitative estimate of drug-likeness (QED) is 0.349. The molecule has 0 aliphatic carbocycles. The van der Waals surface area contributed by atoms with Crippen molar-refractivity contribution in [2.45, 2.75) is 0 Å². The molecule has 0 spiro atoms. The summed E-state index contributed by atoms with van der Waals surface area (Å²) in [6, 6.07) is 23.6. The minimum absolute atomic E-state index is 0.717. The SMILES string of the molecule is c1ccc2sc(-c3cc(-c4cc5ccccc5s4)nc(N4CCOCC4)n3)cc2c1. The van der Waals surface area contributed by atoms with Crippen LogP contribution in [-0.4, -0.2) is 36.3 Å². The fourth-order valence-corrected chi connectivity index (χ4v) is 5.85. The van der Waals surface area contributed by atoms with Crippen LogP contribution in [-0.2, 0) is 4.74 Å². The monoisotopic (exact) mass is 429 g/mol. The number of benzene rings is 2. The molecule has 3 aromatic heterocycles. The van der Waals surface area contributed by atoms with Crippen LogP contribution in [0.5, 0.6) is 0 Å². The molecular formula is C24H19N3OS2. The highest BCUT2D eigenvalue weighted by Crippen LogP contribution is 2.37. The van der Waals surface area contributed by atoms with Gasteiger partial charge in [0, 0.05) is 22.5 Å². The van der Waals surface area contributed by atoms with Crippen LogP contribution in [0.4, 0.5) is 5.95 Å². The molecular weight excluding hydrogens is 410 g/mol. The van der Waals surface area contributed by atoms with Gasteiger partial charge in [0.2, 0.25) is 5.95 Å². The lowest BCUT2D eigenvalue weighted by atomic mass is 10.2. The van der Waals surface area contributed by atoms with E-state index in [1.807, 2.05) is 0 Å². The molecule has 30 heavy (non-hydrogen) atoms. The fraction of sp³-hybridized carbons (Fsp3) is 0.167. The van der Waals surface area contributed by atoms with Gasteiger partial charge in [0.1, 0.15) is 0 Å². The molecule has 1 aliphatic rings. The standard InChI is InChI=1S/C24H19N3OS2/c1-3-7-20-16(5-1)13-22(29-20)18-15-19(23-14-17-6-2-4-8-21(17)30-23)26-24(25-18)27-9-11-28-12-10-27/h1-8,13-15H,9-12H2. The summed E-state index contributed by atoms with van der Waals surface area (Å²) in [5.74, 6) is 0.792. The zero-order valence-electron chi connectivity index (χ0n) is 16.2. The number of thiophene rings is 2. The Balaban J connectivity index is 1.51. The molecule has 1 aliphatic heterocycles. The third-order valence-electron chi connectivity index (χ3n) is 5.36. The highest BCUT2D eigenvalue weighted by Gasteiger charge is 2.18. The zero-order chi connectivity index (χ0) is 19.9. The van der Waals surface area contributed by atoms with Crippen molar-refractivity contribution in [3.8, 4) is 21.1 Å². The first-order chi connectivity index (χ1) is 14.8. The minimum Gasteiger partial charge on any atom is -0.378 e. The van der Waals surface area contributed by atoms with Crippen molar-refractivity contribution < 1.29 is 4.74 Å². The summed E-state index contributed by atoms with van der Waals surface area (Å²) in [6.07, 6.45) is 0. The van der Waals surface area contributed by atoms with Crippen molar-refractivity contribution in [2.75, 3.05) is 31.2 Å². The maximum atomic E-state index is 5.54. The molecule has 2 aromatic carbocycles. The van der Waals surface area contributed by atoms with E-state index in [-0.39, 0.29) is 0 Å². The zero-order valence-corrected chi connectivity index (χ0v) is 17.9. The molecule has 0 amide bonds. The topological polar surface area (TPSA) is 38.2 Å². The van der Waals surface area contributed by atoms with E-state index in [0.29, 0.717) is 13.2 Å². The van der Waals surface area contributed by atoms with E-state index < -0.39 is 0 Å². The van der Waals surface area contributed by atoms with Gasteiger partial charge in [0.25, 0.3) is 0 Å². The van der Waals surface area contributed by atoms with Gasteiger partial charge in [-0.05, 0) is 41.1 Å². The van der Waals surface area contributed by atoms with Crippen LogP contribution >= 0.6 is 22.7 Å². The number of rotatable bonds is 3. The van der Waals surface area contributed by atoms with Crippen molar-refractivity contribution in [1.29, 1.82) is 0 Å². The first-order valence-electron chi connectivity index (χ1n) is 10.0. The molecule has 5 aromatic rings. The van der Waals surface area contributed by atoms with Gasteiger partial charge < -0.3 is 9.64 Å². The van der Waals surface area contributed by atoms with Crippen molar-refractivity contribution >= 4 is 48.8 Å². The predicted molar refractivity (Wildman–Crippen MR) is 127 cm³/mol. The highest BCUT2D eigenvalue weighted by atomic mass is 32.1. The number of hydrogen-bond acceptors (Lipinski definition) is 6. The Hall–Kier alpha value is -2.80. The lowest BCUT2D eigenvalue weighted by Gasteiger charge is -2.27. The van der Waals surface area contributed by atoms with E-state index in [9.17, 15) is 0 Å². The molecule has 1 saturated heterocycles. The molecule has 0 unspecified atom stereocenters. The first kappa shape index (κ1) is 18.0. The van der Waals surface area contributed by atoms with E-state index in [2.05, 4.69) is 71.6 Å². The van der Waals surface area contributed by atoms with Crippen LogP contribution in [0, 0.1) is 0 Å². The van der Waals surface area contributed by atoms with E-state index in [4.69, 9.17) is 14.7 Å². The summed E-state index contributed by atoms with van der Waals surface area (Å²) < 4.78 is 8.10. The van der Waals surface area contributed by atoms with Gasteiger partial charge in [-0.25, -0.2) is 9.97 Å². The predicted octanol–water partition coefficient (Wildman–Crippen LogP) is 6.08.